The molecule has 1 rings (SSSR count). The Bertz CT molecular complexity index is 465. The molecule has 30 heavy (non-hydrogen) atoms. The Hall–Kier alpha value is -0.790. The van der Waals surface area contributed by atoms with Crippen molar-refractivity contribution in [2.24, 2.45) is 0 Å². The summed E-state index contributed by atoms with van der Waals surface area (Å²) < 4.78 is 2.48. The highest BCUT2D eigenvalue weighted by Crippen LogP contribution is 2.26. The van der Waals surface area contributed by atoms with E-state index >= 15 is 0 Å². The van der Waals surface area contributed by atoms with Gasteiger partial charge in [0.2, 0.25) is 0 Å². The van der Waals surface area contributed by atoms with Crippen molar-refractivity contribution in [2.75, 3.05) is 0 Å². The molecule has 0 aliphatic heterocycles. The molecule has 1 heterocycles. The molecule has 0 saturated heterocycles. The van der Waals surface area contributed by atoms with E-state index in [0.717, 1.165) is 12.5 Å². The molecule has 1 aromatic heterocycles. The third-order valence-electron chi connectivity index (χ3n) is 6.71. The van der Waals surface area contributed by atoms with Crippen molar-refractivity contribution >= 4 is 0 Å². The highest BCUT2D eigenvalue weighted by Gasteiger charge is 2.22. The molecule has 0 saturated carbocycles. The maximum Gasteiger partial charge on any atom is 0.257 e. The first-order chi connectivity index (χ1) is 14.8. The number of nitrogens with zero attached hydrogens (tertiary/aromatic N) is 1. The molecule has 0 amide bonds. The molecule has 1 atom stereocenters. The highest BCUT2D eigenvalue weighted by molar-refractivity contribution is 4.90. The van der Waals surface area contributed by atoms with Crippen LogP contribution in [-0.2, 0) is 6.54 Å². The maximum absolute atomic E-state index is 3.59. The third kappa shape index (κ3) is 13.5. The van der Waals surface area contributed by atoms with Gasteiger partial charge in [-0.05, 0) is 19.3 Å². The van der Waals surface area contributed by atoms with Gasteiger partial charge < -0.3 is 0 Å². The summed E-state index contributed by atoms with van der Waals surface area (Å²) in [6, 6.07) is 0. The quantitative estimate of drug-likeness (QED) is 0.143. The molecular weight excluding hydrogens is 364 g/mol. The van der Waals surface area contributed by atoms with Crippen LogP contribution in [0, 0.1) is 0 Å². The maximum atomic E-state index is 3.59. The van der Waals surface area contributed by atoms with Gasteiger partial charge in [0.1, 0.15) is 12.4 Å². The average molecular weight is 420 g/mol. The lowest BCUT2D eigenvalue weighted by atomic mass is 9.93. The van der Waals surface area contributed by atoms with Gasteiger partial charge in [-0.3, -0.25) is 0 Å². The van der Waals surface area contributed by atoms with Crippen LogP contribution in [0.5, 0.6) is 0 Å². The number of hydrogen-bond donors (Lipinski definition) is 1. The van der Waals surface area contributed by atoms with Crippen molar-refractivity contribution in [3.8, 4) is 0 Å². The van der Waals surface area contributed by atoms with Crippen molar-refractivity contribution in [2.45, 2.75) is 162 Å². The molecule has 0 bridgehead atoms. The van der Waals surface area contributed by atoms with Gasteiger partial charge in [-0.1, -0.05) is 130 Å². The molecule has 0 unspecified atom stereocenters. The Balaban J connectivity index is 2.15. The van der Waals surface area contributed by atoms with Crippen LogP contribution < -0.4 is 4.57 Å². The minimum absolute atomic E-state index is 0.733. The van der Waals surface area contributed by atoms with Crippen LogP contribution in [0.15, 0.2) is 12.4 Å². The van der Waals surface area contributed by atoms with E-state index in [0.29, 0.717) is 0 Å². The van der Waals surface area contributed by atoms with Gasteiger partial charge in [-0.15, -0.1) is 0 Å². The summed E-state index contributed by atoms with van der Waals surface area (Å²) in [6.07, 6.45) is 32.7. The smallest absolute Gasteiger partial charge is 0.247 e. The lowest BCUT2D eigenvalue weighted by Crippen LogP contribution is -2.37. The number of rotatable bonds is 22. The molecule has 1 N–H and O–H groups in total. The van der Waals surface area contributed by atoms with Crippen molar-refractivity contribution in [3.63, 3.8) is 0 Å². The zero-order valence-electron chi connectivity index (χ0n) is 21.0. The second-order valence-corrected chi connectivity index (χ2v) is 9.62. The predicted octanol–water partition coefficient (Wildman–Crippen LogP) is 9.25. The van der Waals surface area contributed by atoms with Crippen LogP contribution in [0.1, 0.15) is 161 Å². The summed E-state index contributed by atoms with van der Waals surface area (Å²) in [4.78, 5) is 3.59. The second-order valence-electron chi connectivity index (χ2n) is 9.62. The normalized spacial score (nSPS) is 12.5. The predicted molar refractivity (Wildman–Crippen MR) is 133 cm³/mol. The average Bonchev–Trinajstić information content (AvgIpc) is 3.21. The van der Waals surface area contributed by atoms with Gasteiger partial charge in [0.25, 0.3) is 5.82 Å². The third-order valence-corrected chi connectivity index (χ3v) is 6.71. The fourth-order valence-corrected chi connectivity index (χ4v) is 4.81. The van der Waals surface area contributed by atoms with E-state index in [2.05, 4.69) is 42.7 Å². The molecule has 0 fully saturated rings. The standard InChI is InChI=1S/C28H54N2/c1-4-7-9-11-12-13-14-15-16-17-18-19-21-23-27(22-20-10-8-5-2)28-29-24-26-30(28)25-6-3/h24,26-27H,4-23,25H2,1-3H3/p+1/t27-/m0/s1. The van der Waals surface area contributed by atoms with Gasteiger partial charge in [-0.2, -0.15) is 0 Å². The van der Waals surface area contributed by atoms with Crippen LogP contribution in [0.3, 0.4) is 0 Å². The van der Waals surface area contributed by atoms with Gasteiger partial charge >= 0.3 is 0 Å². The zero-order valence-corrected chi connectivity index (χ0v) is 21.0. The molecule has 0 aliphatic carbocycles. The number of H-pyrrole nitrogens is 1. The molecule has 1 aromatic rings. The molecule has 2 heteroatoms. The summed E-state index contributed by atoms with van der Waals surface area (Å²) in [5, 5.41) is 0. The van der Waals surface area contributed by atoms with Crippen molar-refractivity contribution in [1.29, 1.82) is 0 Å². The molecular formula is C28H55N2+. The van der Waals surface area contributed by atoms with E-state index in [-0.39, 0.29) is 0 Å². The molecule has 0 spiro atoms. The fourth-order valence-electron chi connectivity index (χ4n) is 4.81. The summed E-state index contributed by atoms with van der Waals surface area (Å²) in [5.74, 6) is 2.23. The summed E-state index contributed by atoms with van der Waals surface area (Å²) in [7, 11) is 0. The van der Waals surface area contributed by atoms with Crippen LogP contribution in [0.25, 0.3) is 0 Å². The Morgan fingerprint density at radius 3 is 1.50 bits per heavy atom. The molecule has 176 valence electrons. The minimum atomic E-state index is 0.733. The first kappa shape index (κ1) is 27.2. The van der Waals surface area contributed by atoms with Gasteiger partial charge in [0, 0.05) is 0 Å². The van der Waals surface area contributed by atoms with Crippen LogP contribution >= 0.6 is 0 Å². The Kier molecular flexibility index (Phi) is 18.3. The van der Waals surface area contributed by atoms with Gasteiger partial charge in [0.15, 0.2) is 0 Å². The number of aromatic nitrogens is 2. The summed E-state index contributed by atoms with van der Waals surface area (Å²) in [5.41, 5.74) is 0. The van der Waals surface area contributed by atoms with E-state index < -0.39 is 0 Å². The van der Waals surface area contributed by atoms with Crippen molar-refractivity contribution in [1.82, 2.24) is 4.98 Å². The van der Waals surface area contributed by atoms with Crippen LogP contribution in [0.4, 0.5) is 0 Å². The van der Waals surface area contributed by atoms with E-state index in [1.54, 1.807) is 0 Å². The monoisotopic (exact) mass is 419 g/mol. The minimum Gasteiger partial charge on any atom is -0.247 e. The second kappa shape index (κ2) is 20.1. The Morgan fingerprint density at radius 2 is 1.03 bits per heavy atom. The first-order valence-electron chi connectivity index (χ1n) is 13.9. The van der Waals surface area contributed by atoms with Crippen molar-refractivity contribution < 1.29 is 4.57 Å². The Morgan fingerprint density at radius 1 is 0.600 bits per heavy atom. The number of aryl methyl sites for hydroxylation is 1. The molecule has 0 aromatic carbocycles. The fraction of sp³-hybridized carbons (Fsp3) is 0.893. The van der Waals surface area contributed by atoms with E-state index in [1.807, 2.05) is 0 Å². The topological polar surface area (TPSA) is 19.7 Å². The summed E-state index contributed by atoms with van der Waals surface area (Å²) in [6.45, 7) is 8.05. The zero-order chi connectivity index (χ0) is 21.7. The summed E-state index contributed by atoms with van der Waals surface area (Å²) >= 11 is 0. The van der Waals surface area contributed by atoms with Gasteiger partial charge in [0.05, 0.1) is 12.5 Å². The lowest BCUT2D eigenvalue weighted by molar-refractivity contribution is -0.704. The van der Waals surface area contributed by atoms with E-state index in [9.17, 15) is 0 Å². The number of nitrogens with one attached hydrogen (secondary N) is 1. The SMILES string of the molecule is CCCCCCCCCCCCCCC[C@H](CCCCCC)c1[nH]cc[n+]1CCC. The largest absolute Gasteiger partial charge is 0.257 e. The van der Waals surface area contributed by atoms with Crippen LogP contribution in [0.2, 0.25) is 0 Å². The van der Waals surface area contributed by atoms with E-state index in [1.165, 1.54) is 134 Å². The molecule has 2 nitrogen and oxygen atoms in total. The first-order valence-corrected chi connectivity index (χ1v) is 13.9. The van der Waals surface area contributed by atoms with E-state index in [4.69, 9.17) is 0 Å². The van der Waals surface area contributed by atoms with Crippen molar-refractivity contribution in [3.05, 3.63) is 18.2 Å². The number of hydrogen-bond acceptors (Lipinski definition) is 0. The lowest BCUT2D eigenvalue weighted by Gasteiger charge is -2.14. The highest BCUT2D eigenvalue weighted by atomic mass is 15.1. The number of aromatic amines is 1. The number of imidazole rings is 1. The Labute approximate surface area is 189 Å². The number of unbranched alkanes of at least 4 members (excludes halogenated alkanes) is 15. The van der Waals surface area contributed by atoms with Gasteiger partial charge in [-0.25, -0.2) is 9.55 Å². The molecule has 0 aliphatic rings. The van der Waals surface area contributed by atoms with Crippen LogP contribution in [-0.4, -0.2) is 4.98 Å². The molecule has 0 radical (unpaired) electrons.